The first-order valence-electron chi connectivity index (χ1n) is 12.9. The molecule has 0 bridgehead atoms. The molecule has 7 nitrogen and oxygen atoms in total. The molecule has 0 radical (unpaired) electrons. The van der Waals surface area contributed by atoms with Crippen LogP contribution in [0.2, 0.25) is 5.02 Å². The summed E-state index contributed by atoms with van der Waals surface area (Å²) in [6.07, 6.45) is 0.738. The molecular weight excluding hydrogens is 534 g/mol. The van der Waals surface area contributed by atoms with Gasteiger partial charge in [0.2, 0.25) is 11.8 Å². The van der Waals surface area contributed by atoms with Crippen LogP contribution in [-0.2, 0) is 26.2 Å². The molecule has 0 aliphatic carbocycles. The smallest absolute Gasteiger partial charge is 0.264 e. The highest BCUT2D eigenvalue weighted by Crippen LogP contribution is 2.30. The number of aryl methyl sites for hydroxylation is 2. The van der Waals surface area contributed by atoms with Gasteiger partial charge < -0.3 is 10.2 Å². The predicted octanol–water partition coefficient (Wildman–Crippen LogP) is 5.48. The second-order valence-electron chi connectivity index (χ2n) is 9.76. The lowest BCUT2D eigenvalue weighted by atomic mass is 10.1. The molecule has 3 rings (SSSR count). The molecule has 0 spiro atoms. The van der Waals surface area contributed by atoms with Crippen LogP contribution in [0.25, 0.3) is 0 Å². The largest absolute Gasteiger partial charge is 0.352 e. The van der Waals surface area contributed by atoms with Gasteiger partial charge in [0.05, 0.1) is 10.6 Å². The molecule has 0 saturated carbocycles. The van der Waals surface area contributed by atoms with Crippen LogP contribution in [-0.4, -0.2) is 43.8 Å². The number of carbonyl (C=O) groups is 2. The lowest BCUT2D eigenvalue weighted by Gasteiger charge is -2.33. The summed E-state index contributed by atoms with van der Waals surface area (Å²) in [6, 6.07) is 19.6. The Morgan fingerprint density at radius 1 is 0.949 bits per heavy atom. The molecule has 0 aliphatic heterocycles. The zero-order valence-corrected chi connectivity index (χ0v) is 24.6. The van der Waals surface area contributed by atoms with Crippen molar-refractivity contribution in [2.45, 2.75) is 64.6 Å². The fraction of sp³-hybridized carbons (Fsp3) is 0.333. The maximum absolute atomic E-state index is 14.0. The van der Waals surface area contributed by atoms with Gasteiger partial charge >= 0.3 is 0 Å². The minimum absolute atomic E-state index is 0.0461. The van der Waals surface area contributed by atoms with E-state index in [9.17, 15) is 18.0 Å². The van der Waals surface area contributed by atoms with Gasteiger partial charge in [-0.15, -0.1) is 0 Å². The highest BCUT2D eigenvalue weighted by molar-refractivity contribution is 7.92. The number of hydrogen-bond acceptors (Lipinski definition) is 4. The lowest BCUT2D eigenvalue weighted by Crippen LogP contribution is -2.52. The molecular formula is C30H36ClN3O4S. The van der Waals surface area contributed by atoms with E-state index in [2.05, 4.69) is 5.32 Å². The van der Waals surface area contributed by atoms with Gasteiger partial charge in [-0.1, -0.05) is 72.6 Å². The average molecular weight is 570 g/mol. The number of sulfonamides is 1. The second-order valence-corrected chi connectivity index (χ2v) is 12.1. The zero-order valence-electron chi connectivity index (χ0n) is 23.0. The van der Waals surface area contributed by atoms with Gasteiger partial charge in [0, 0.05) is 17.6 Å². The molecule has 0 saturated heterocycles. The molecule has 0 aliphatic rings. The predicted molar refractivity (Wildman–Crippen MR) is 156 cm³/mol. The molecule has 0 fully saturated rings. The molecule has 1 N–H and O–H groups in total. The van der Waals surface area contributed by atoms with E-state index in [-0.39, 0.29) is 23.4 Å². The van der Waals surface area contributed by atoms with Gasteiger partial charge in [0.15, 0.2) is 0 Å². The summed E-state index contributed by atoms with van der Waals surface area (Å²) in [5.41, 5.74) is 2.83. The number of nitrogens with one attached hydrogen (secondary N) is 1. The van der Waals surface area contributed by atoms with E-state index < -0.39 is 28.5 Å². The SMILES string of the molecule is CC[C@H](C)NC(=O)[C@H](C)N(Cc1ccc(C)cc1)C(=O)CN(c1cc(Cl)ccc1C)S(=O)(=O)c1ccccc1. The van der Waals surface area contributed by atoms with Crippen LogP contribution in [0, 0.1) is 13.8 Å². The molecule has 3 aromatic carbocycles. The van der Waals surface area contributed by atoms with Crippen LogP contribution < -0.4 is 9.62 Å². The van der Waals surface area contributed by atoms with E-state index in [4.69, 9.17) is 11.6 Å². The number of anilines is 1. The highest BCUT2D eigenvalue weighted by atomic mass is 35.5. The first kappa shape index (κ1) is 30.2. The number of amides is 2. The summed E-state index contributed by atoms with van der Waals surface area (Å²) >= 11 is 6.26. The molecule has 3 aromatic rings. The zero-order chi connectivity index (χ0) is 28.7. The van der Waals surface area contributed by atoms with Crippen LogP contribution >= 0.6 is 11.6 Å². The standard InChI is InChI=1S/C30H36ClN3O4S/c1-6-23(4)32-30(36)24(5)33(19-25-15-12-21(2)13-16-25)29(35)20-34(28-18-26(31)17-14-22(28)3)39(37,38)27-10-8-7-9-11-27/h7-18,23-24H,6,19-20H2,1-5H3,(H,32,36)/t23-,24-/m0/s1. The van der Waals surface area contributed by atoms with Crippen molar-refractivity contribution in [2.75, 3.05) is 10.8 Å². The molecule has 208 valence electrons. The second kappa shape index (κ2) is 13.1. The quantitative estimate of drug-likeness (QED) is 0.331. The number of carbonyl (C=O) groups excluding carboxylic acids is 2. The first-order chi connectivity index (χ1) is 18.4. The summed E-state index contributed by atoms with van der Waals surface area (Å²) < 4.78 is 28.8. The average Bonchev–Trinajstić information content (AvgIpc) is 2.92. The minimum Gasteiger partial charge on any atom is -0.352 e. The number of nitrogens with zero attached hydrogens (tertiary/aromatic N) is 2. The third-order valence-electron chi connectivity index (χ3n) is 6.69. The molecule has 2 atom stereocenters. The summed E-state index contributed by atoms with van der Waals surface area (Å²) in [7, 11) is -4.14. The van der Waals surface area contributed by atoms with Crippen molar-refractivity contribution in [1.29, 1.82) is 0 Å². The lowest BCUT2D eigenvalue weighted by molar-refractivity contribution is -0.139. The summed E-state index contributed by atoms with van der Waals surface area (Å²) in [5.74, 6) is -0.817. The normalized spacial score (nSPS) is 12.9. The first-order valence-corrected chi connectivity index (χ1v) is 14.7. The van der Waals surface area contributed by atoms with Crippen molar-refractivity contribution in [2.24, 2.45) is 0 Å². The fourth-order valence-electron chi connectivity index (χ4n) is 4.02. The topological polar surface area (TPSA) is 86.8 Å². The Hall–Kier alpha value is -3.36. The molecule has 0 heterocycles. The van der Waals surface area contributed by atoms with Gasteiger partial charge in [0.25, 0.3) is 10.0 Å². The number of rotatable bonds is 11. The Morgan fingerprint density at radius 3 is 2.21 bits per heavy atom. The Labute approximate surface area is 236 Å². The van der Waals surface area contributed by atoms with Crippen molar-refractivity contribution in [3.05, 3.63) is 94.5 Å². The number of halogens is 1. The van der Waals surface area contributed by atoms with Crippen molar-refractivity contribution in [3.8, 4) is 0 Å². The fourth-order valence-corrected chi connectivity index (χ4v) is 5.68. The number of benzene rings is 3. The van der Waals surface area contributed by atoms with E-state index in [1.807, 2.05) is 45.0 Å². The Kier molecular flexibility index (Phi) is 10.2. The highest BCUT2D eigenvalue weighted by Gasteiger charge is 2.33. The molecule has 0 unspecified atom stereocenters. The third kappa shape index (κ3) is 7.61. The minimum atomic E-state index is -4.14. The van der Waals surface area contributed by atoms with Crippen molar-refractivity contribution in [1.82, 2.24) is 10.2 Å². The van der Waals surface area contributed by atoms with Crippen LogP contribution in [0.1, 0.15) is 43.9 Å². The number of hydrogen-bond donors (Lipinski definition) is 1. The molecule has 9 heteroatoms. The van der Waals surface area contributed by atoms with E-state index in [0.717, 1.165) is 21.9 Å². The maximum Gasteiger partial charge on any atom is 0.264 e. The van der Waals surface area contributed by atoms with E-state index in [1.165, 1.54) is 23.1 Å². The van der Waals surface area contributed by atoms with Gasteiger partial charge in [-0.2, -0.15) is 0 Å². The van der Waals surface area contributed by atoms with Gasteiger partial charge in [-0.3, -0.25) is 13.9 Å². The van der Waals surface area contributed by atoms with Crippen LogP contribution in [0.15, 0.2) is 77.7 Å². The molecule has 39 heavy (non-hydrogen) atoms. The van der Waals surface area contributed by atoms with Gasteiger partial charge in [-0.25, -0.2) is 8.42 Å². The summed E-state index contributed by atoms with van der Waals surface area (Å²) in [5, 5.41) is 3.28. The van der Waals surface area contributed by atoms with Crippen molar-refractivity contribution >= 4 is 39.1 Å². The monoisotopic (exact) mass is 569 g/mol. The van der Waals surface area contributed by atoms with E-state index in [0.29, 0.717) is 16.3 Å². The van der Waals surface area contributed by atoms with Crippen molar-refractivity contribution in [3.63, 3.8) is 0 Å². The van der Waals surface area contributed by atoms with Crippen LogP contribution in [0.5, 0.6) is 0 Å². The van der Waals surface area contributed by atoms with E-state index in [1.54, 1.807) is 44.2 Å². The Morgan fingerprint density at radius 2 is 1.59 bits per heavy atom. The van der Waals surface area contributed by atoms with Gasteiger partial charge in [0.1, 0.15) is 12.6 Å². The Bertz CT molecular complexity index is 1400. The van der Waals surface area contributed by atoms with E-state index >= 15 is 0 Å². The molecule has 2 amide bonds. The maximum atomic E-state index is 14.0. The molecule has 0 aromatic heterocycles. The van der Waals surface area contributed by atoms with Crippen LogP contribution in [0.4, 0.5) is 5.69 Å². The summed E-state index contributed by atoms with van der Waals surface area (Å²) in [4.78, 5) is 28.6. The van der Waals surface area contributed by atoms with Crippen LogP contribution in [0.3, 0.4) is 0 Å². The third-order valence-corrected chi connectivity index (χ3v) is 8.70. The van der Waals surface area contributed by atoms with Gasteiger partial charge in [-0.05, 0) is 69.5 Å². The van der Waals surface area contributed by atoms with Crippen molar-refractivity contribution < 1.29 is 18.0 Å². The Balaban J connectivity index is 2.05. The summed E-state index contributed by atoms with van der Waals surface area (Å²) in [6.45, 7) is 8.87.